The van der Waals surface area contributed by atoms with Gasteiger partial charge >= 0.3 is 0 Å². The quantitative estimate of drug-likeness (QED) is 0.512. The molecule has 88 valence electrons. The summed E-state index contributed by atoms with van der Waals surface area (Å²) in [6, 6.07) is 3.17. The van der Waals surface area contributed by atoms with Crippen molar-refractivity contribution in [2.45, 2.75) is 4.83 Å². The lowest BCUT2D eigenvalue weighted by molar-refractivity contribution is -0.479. The zero-order valence-electron chi connectivity index (χ0n) is 8.31. The third-order valence-electron chi connectivity index (χ3n) is 1.94. The van der Waals surface area contributed by atoms with E-state index in [1.165, 1.54) is 7.11 Å². The molecule has 16 heavy (non-hydrogen) atoms. The third-order valence-corrected chi connectivity index (χ3v) is 3.36. The third kappa shape index (κ3) is 3.08. The molecule has 0 spiro atoms. The molecule has 0 aromatic heterocycles. The molecular weight excluding hydrogens is 346 g/mol. The van der Waals surface area contributed by atoms with Gasteiger partial charge in [0.25, 0.3) is 0 Å². The van der Waals surface area contributed by atoms with Crippen molar-refractivity contribution in [3.63, 3.8) is 0 Å². The van der Waals surface area contributed by atoms with Crippen LogP contribution in [0.25, 0.3) is 0 Å². The number of nitrogens with zero attached hydrogens (tertiary/aromatic N) is 1. The van der Waals surface area contributed by atoms with Crippen LogP contribution in [-0.2, 0) is 0 Å². The zero-order valence-corrected chi connectivity index (χ0v) is 11.5. The topological polar surface area (TPSA) is 72.6 Å². The molecule has 5 nitrogen and oxygen atoms in total. The number of aromatic hydroxyl groups is 1. The summed E-state index contributed by atoms with van der Waals surface area (Å²) >= 11 is 6.36. The first-order valence-corrected chi connectivity index (χ1v) is 5.98. The van der Waals surface area contributed by atoms with E-state index in [1.807, 2.05) is 0 Å². The molecule has 0 aliphatic heterocycles. The second-order valence-corrected chi connectivity index (χ2v) is 5.00. The predicted molar refractivity (Wildman–Crippen MR) is 65.9 cm³/mol. The Morgan fingerprint density at radius 1 is 1.62 bits per heavy atom. The first-order valence-electron chi connectivity index (χ1n) is 4.28. The van der Waals surface area contributed by atoms with E-state index in [1.54, 1.807) is 12.1 Å². The van der Waals surface area contributed by atoms with Gasteiger partial charge in [-0.2, -0.15) is 0 Å². The van der Waals surface area contributed by atoms with Gasteiger partial charge in [-0.05, 0) is 33.6 Å². The fourth-order valence-electron chi connectivity index (χ4n) is 1.17. The normalized spacial score (nSPS) is 12.2. The maximum atomic E-state index is 10.4. The van der Waals surface area contributed by atoms with Crippen LogP contribution in [0.2, 0.25) is 0 Å². The number of methoxy groups -OCH3 is 1. The SMILES string of the molecule is COc1cc(C(Br)C[N+](=O)[O-])cc(Br)c1O. The van der Waals surface area contributed by atoms with Crippen LogP contribution in [-0.4, -0.2) is 23.7 Å². The van der Waals surface area contributed by atoms with Gasteiger partial charge in [0.1, 0.15) is 4.83 Å². The number of rotatable bonds is 4. The smallest absolute Gasteiger partial charge is 0.220 e. The molecule has 1 aromatic carbocycles. The molecule has 0 saturated carbocycles. The van der Waals surface area contributed by atoms with Crippen LogP contribution < -0.4 is 4.74 Å². The minimum absolute atomic E-state index is 0.0212. The van der Waals surface area contributed by atoms with E-state index in [4.69, 9.17) is 4.74 Å². The van der Waals surface area contributed by atoms with Crippen LogP contribution in [0, 0.1) is 10.1 Å². The summed E-state index contributed by atoms with van der Waals surface area (Å²) < 4.78 is 5.39. The number of phenols is 1. The molecule has 0 aliphatic carbocycles. The largest absolute Gasteiger partial charge is 0.503 e. The lowest BCUT2D eigenvalue weighted by Crippen LogP contribution is -2.07. The molecule has 0 heterocycles. The molecule has 1 aromatic rings. The highest BCUT2D eigenvalue weighted by atomic mass is 79.9. The summed E-state index contributed by atoms with van der Waals surface area (Å²) in [6.45, 7) is -0.236. The van der Waals surface area contributed by atoms with Crippen LogP contribution in [0.1, 0.15) is 10.4 Å². The van der Waals surface area contributed by atoms with E-state index in [2.05, 4.69) is 31.9 Å². The van der Waals surface area contributed by atoms with Crippen molar-refractivity contribution in [3.8, 4) is 11.5 Å². The zero-order chi connectivity index (χ0) is 12.3. The minimum Gasteiger partial charge on any atom is -0.503 e. The number of hydrogen-bond acceptors (Lipinski definition) is 4. The molecular formula is C9H9Br2NO4. The van der Waals surface area contributed by atoms with E-state index >= 15 is 0 Å². The summed E-state index contributed by atoms with van der Waals surface area (Å²) in [5.74, 6) is 0.254. The van der Waals surface area contributed by atoms with Crippen LogP contribution in [0.5, 0.6) is 11.5 Å². The Labute approximate surface area is 109 Å². The van der Waals surface area contributed by atoms with Crippen LogP contribution in [0.3, 0.4) is 0 Å². The summed E-state index contributed by atoms with van der Waals surface area (Å²) in [5.41, 5.74) is 0.665. The average molecular weight is 355 g/mol. The van der Waals surface area contributed by atoms with Gasteiger partial charge in [0.05, 0.1) is 11.6 Å². The number of ether oxygens (including phenoxy) is 1. The molecule has 1 N–H and O–H groups in total. The first kappa shape index (κ1) is 13.2. The number of alkyl halides is 1. The fraction of sp³-hybridized carbons (Fsp3) is 0.333. The highest BCUT2D eigenvalue weighted by Gasteiger charge is 2.18. The molecule has 1 atom stereocenters. The van der Waals surface area contributed by atoms with Crippen molar-refractivity contribution >= 4 is 31.9 Å². The average Bonchev–Trinajstić information content (AvgIpc) is 2.20. The Bertz CT molecular complexity index is 411. The molecule has 1 unspecified atom stereocenters. The van der Waals surface area contributed by atoms with E-state index < -0.39 is 9.75 Å². The van der Waals surface area contributed by atoms with Gasteiger partial charge in [-0.25, -0.2) is 0 Å². The van der Waals surface area contributed by atoms with Gasteiger partial charge in [0.15, 0.2) is 11.5 Å². The Morgan fingerprint density at radius 3 is 2.75 bits per heavy atom. The molecule has 0 saturated heterocycles. The maximum absolute atomic E-state index is 10.4. The lowest BCUT2D eigenvalue weighted by atomic mass is 10.1. The molecule has 0 fully saturated rings. The van der Waals surface area contributed by atoms with Gasteiger partial charge in [-0.15, -0.1) is 0 Å². The van der Waals surface area contributed by atoms with Gasteiger partial charge in [0, 0.05) is 4.92 Å². The van der Waals surface area contributed by atoms with Crippen LogP contribution in [0.15, 0.2) is 16.6 Å². The molecule has 0 amide bonds. The van der Waals surface area contributed by atoms with Crippen LogP contribution in [0.4, 0.5) is 0 Å². The van der Waals surface area contributed by atoms with Gasteiger partial charge in [-0.1, -0.05) is 15.9 Å². The second kappa shape index (κ2) is 5.49. The van der Waals surface area contributed by atoms with Crippen molar-refractivity contribution in [1.82, 2.24) is 0 Å². The summed E-state index contributed by atoms with van der Waals surface area (Å²) in [7, 11) is 1.42. The second-order valence-electron chi connectivity index (χ2n) is 3.04. The van der Waals surface area contributed by atoms with Crippen molar-refractivity contribution in [1.29, 1.82) is 0 Å². The number of halogens is 2. The molecule has 7 heteroatoms. The number of phenolic OH excluding ortho intramolecular Hbond substituents is 1. The predicted octanol–water partition coefficient (Wildman–Crippen LogP) is 2.88. The summed E-state index contributed by atoms with van der Waals surface area (Å²) in [6.07, 6.45) is 0. The summed E-state index contributed by atoms with van der Waals surface area (Å²) in [4.78, 5) is 9.54. The van der Waals surface area contributed by atoms with Gasteiger partial charge in [-0.3, -0.25) is 10.1 Å². The Hall–Kier alpha value is -0.820. The number of benzene rings is 1. The Kier molecular flexibility index (Phi) is 4.55. The van der Waals surface area contributed by atoms with Gasteiger partial charge in [0.2, 0.25) is 6.54 Å². The fourth-order valence-corrected chi connectivity index (χ4v) is 2.13. The first-order chi connectivity index (χ1) is 7.45. The van der Waals surface area contributed by atoms with Gasteiger partial charge < -0.3 is 9.84 Å². The summed E-state index contributed by atoms with van der Waals surface area (Å²) in [5, 5.41) is 19.9. The minimum atomic E-state index is -0.423. The molecule has 0 radical (unpaired) electrons. The monoisotopic (exact) mass is 353 g/mol. The van der Waals surface area contributed by atoms with Crippen molar-refractivity contribution in [3.05, 3.63) is 32.3 Å². The Balaban J connectivity index is 3.05. The van der Waals surface area contributed by atoms with E-state index in [-0.39, 0.29) is 18.0 Å². The van der Waals surface area contributed by atoms with Crippen molar-refractivity contribution in [2.24, 2.45) is 0 Å². The number of nitro groups is 1. The van der Waals surface area contributed by atoms with Crippen molar-refractivity contribution in [2.75, 3.05) is 13.7 Å². The standard InChI is InChI=1S/C9H9Br2NO4/c1-16-8-3-5(2-6(10)9(8)13)7(11)4-12(14)15/h2-3,7,13H,4H2,1H3. The van der Waals surface area contributed by atoms with Crippen molar-refractivity contribution < 1.29 is 14.8 Å². The highest BCUT2D eigenvalue weighted by molar-refractivity contribution is 9.10. The maximum Gasteiger partial charge on any atom is 0.220 e. The molecule has 0 aliphatic rings. The van der Waals surface area contributed by atoms with E-state index in [9.17, 15) is 15.2 Å². The Morgan fingerprint density at radius 2 is 2.25 bits per heavy atom. The van der Waals surface area contributed by atoms with E-state index in [0.29, 0.717) is 10.0 Å². The highest BCUT2D eigenvalue weighted by Crippen LogP contribution is 2.38. The molecule has 1 rings (SSSR count). The molecule has 0 bridgehead atoms. The number of hydrogen-bond donors (Lipinski definition) is 1. The van der Waals surface area contributed by atoms with E-state index in [0.717, 1.165) is 0 Å². The van der Waals surface area contributed by atoms with Crippen LogP contribution >= 0.6 is 31.9 Å². The lowest BCUT2D eigenvalue weighted by Gasteiger charge is -2.10.